The molecule has 166 valence electrons. The highest BCUT2D eigenvalue weighted by molar-refractivity contribution is 7.13. The third-order valence-electron chi connectivity index (χ3n) is 5.18. The average molecular weight is 446 g/mol. The second-order valence-electron chi connectivity index (χ2n) is 7.45. The number of hydrogen-bond donors (Lipinski definition) is 3. The maximum absolute atomic E-state index is 5.71. The van der Waals surface area contributed by atoms with Gasteiger partial charge in [-0.2, -0.15) is 0 Å². The molecule has 0 bridgehead atoms. The first-order valence-electron chi connectivity index (χ1n) is 10.6. The maximum Gasteiger partial charge on any atom is 0.0722 e. The van der Waals surface area contributed by atoms with Crippen molar-refractivity contribution >= 4 is 39.3 Å². The number of fused-ring (bicyclic) bond motifs is 1. The molecule has 0 unspecified atom stereocenters. The smallest absolute Gasteiger partial charge is 0.0722 e. The minimum atomic E-state index is 0.639. The zero-order valence-electron chi connectivity index (χ0n) is 18.6. The summed E-state index contributed by atoms with van der Waals surface area (Å²) in [4.78, 5) is 8.12. The molecular formula is C26H31N5S. The minimum absolute atomic E-state index is 0.639. The van der Waals surface area contributed by atoms with Crippen LogP contribution in [-0.2, 0) is 0 Å². The van der Waals surface area contributed by atoms with Crippen molar-refractivity contribution in [3.05, 3.63) is 84.9 Å². The van der Waals surface area contributed by atoms with Crippen LogP contribution in [0, 0.1) is 6.92 Å². The van der Waals surface area contributed by atoms with Crippen LogP contribution in [0.2, 0.25) is 0 Å². The molecule has 0 radical (unpaired) electrons. The normalized spacial score (nSPS) is 13.0. The summed E-state index contributed by atoms with van der Waals surface area (Å²) in [7, 11) is 0. The molecule has 32 heavy (non-hydrogen) atoms. The van der Waals surface area contributed by atoms with Crippen LogP contribution >= 0.6 is 11.3 Å². The van der Waals surface area contributed by atoms with E-state index in [9.17, 15) is 0 Å². The summed E-state index contributed by atoms with van der Waals surface area (Å²) in [6.45, 7) is 12.4. The highest BCUT2D eigenvalue weighted by Gasteiger charge is 2.10. The van der Waals surface area contributed by atoms with Crippen molar-refractivity contribution in [3.63, 3.8) is 0 Å². The highest BCUT2D eigenvalue weighted by Crippen LogP contribution is 2.28. The van der Waals surface area contributed by atoms with E-state index in [0.29, 0.717) is 11.4 Å². The van der Waals surface area contributed by atoms with E-state index in [4.69, 9.17) is 11.5 Å². The molecule has 2 aromatic carbocycles. The Kier molecular flexibility index (Phi) is 8.25. The van der Waals surface area contributed by atoms with E-state index in [2.05, 4.69) is 65.6 Å². The molecule has 5 nitrogen and oxygen atoms in total. The monoisotopic (exact) mass is 445 g/mol. The van der Waals surface area contributed by atoms with Gasteiger partial charge in [0.1, 0.15) is 0 Å². The molecule has 4 aromatic rings. The van der Waals surface area contributed by atoms with Gasteiger partial charge in [0.2, 0.25) is 0 Å². The first-order valence-corrected chi connectivity index (χ1v) is 11.5. The van der Waals surface area contributed by atoms with Gasteiger partial charge in [0.05, 0.1) is 16.9 Å². The van der Waals surface area contributed by atoms with Gasteiger partial charge in [0, 0.05) is 48.3 Å². The van der Waals surface area contributed by atoms with Crippen molar-refractivity contribution in [1.29, 1.82) is 0 Å². The topological polar surface area (TPSA) is 80.2 Å². The summed E-state index contributed by atoms with van der Waals surface area (Å²) < 4.78 is 0. The van der Waals surface area contributed by atoms with Gasteiger partial charge in [-0.15, -0.1) is 24.5 Å². The van der Waals surface area contributed by atoms with Crippen molar-refractivity contribution in [1.82, 2.24) is 10.3 Å². The quantitative estimate of drug-likeness (QED) is 0.287. The van der Waals surface area contributed by atoms with Crippen molar-refractivity contribution < 1.29 is 0 Å². The Bertz CT molecular complexity index is 1130. The number of benzene rings is 2. The maximum atomic E-state index is 5.71. The van der Waals surface area contributed by atoms with Crippen molar-refractivity contribution in [2.75, 3.05) is 42.5 Å². The Labute approximate surface area is 194 Å². The van der Waals surface area contributed by atoms with Crippen molar-refractivity contribution in [2.24, 2.45) is 0 Å². The van der Waals surface area contributed by atoms with Crippen LogP contribution in [0.15, 0.2) is 79.3 Å². The third kappa shape index (κ3) is 5.87. The summed E-state index contributed by atoms with van der Waals surface area (Å²) in [5, 5.41) is 6.64. The molecule has 0 atom stereocenters. The lowest BCUT2D eigenvalue weighted by Crippen LogP contribution is -2.43. The first-order chi connectivity index (χ1) is 15.6. The van der Waals surface area contributed by atoms with E-state index in [1.807, 2.05) is 35.8 Å². The van der Waals surface area contributed by atoms with Gasteiger partial charge in [0.25, 0.3) is 0 Å². The number of nitrogens with one attached hydrogen (secondary N) is 1. The average Bonchev–Trinajstić information content (AvgIpc) is 3.38. The number of piperazine rings is 1. The molecule has 0 aliphatic carbocycles. The van der Waals surface area contributed by atoms with Crippen LogP contribution in [0.5, 0.6) is 0 Å². The van der Waals surface area contributed by atoms with Crippen LogP contribution < -0.4 is 21.7 Å². The number of hydrogen-bond acceptors (Lipinski definition) is 6. The zero-order chi connectivity index (χ0) is 22.9. The van der Waals surface area contributed by atoms with Gasteiger partial charge in [-0.25, -0.2) is 0 Å². The Morgan fingerprint density at radius 2 is 1.75 bits per heavy atom. The van der Waals surface area contributed by atoms with Gasteiger partial charge in [0.15, 0.2) is 0 Å². The van der Waals surface area contributed by atoms with E-state index >= 15 is 0 Å². The third-order valence-corrected chi connectivity index (χ3v) is 6.10. The van der Waals surface area contributed by atoms with Crippen molar-refractivity contribution in [2.45, 2.75) is 6.92 Å². The van der Waals surface area contributed by atoms with Crippen molar-refractivity contribution in [3.8, 4) is 10.4 Å². The van der Waals surface area contributed by atoms with Crippen LogP contribution in [-0.4, -0.2) is 31.2 Å². The van der Waals surface area contributed by atoms with Crippen LogP contribution in [0.3, 0.4) is 0 Å². The molecule has 1 saturated heterocycles. The Hall–Kier alpha value is -3.35. The fourth-order valence-electron chi connectivity index (χ4n) is 3.51. The van der Waals surface area contributed by atoms with Crippen LogP contribution in [0.4, 0.5) is 17.1 Å². The SMILES string of the molecule is C=C.Cc1cnc2cc(N3CCNCC3)ccc2c1.Nc1ccc(-c2cccs2)cc1N. The fourth-order valence-corrected chi connectivity index (χ4v) is 4.23. The molecular weight excluding hydrogens is 414 g/mol. The second kappa shape index (κ2) is 11.3. The number of pyridine rings is 1. The highest BCUT2D eigenvalue weighted by atomic mass is 32.1. The Balaban J connectivity index is 0.000000173. The number of rotatable bonds is 2. The molecule has 0 amide bonds. The molecule has 0 spiro atoms. The summed E-state index contributed by atoms with van der Waals surface area (Å²) in [6.07, 6.45) is 1.93. The van der Waals surface area contributed by atoms with E-state index in [1.54, 1.807) is 11.3 Å². The fraction of sp³-hybridized carbons (Fsp3) is 0.192. The predicted octanol–water partition coefficient (Wildman–Crippen LogP) is 5.33. The molecule has 5 rings (SSSR count). The van der Waals surface area contributed by atoms with Gasteiger partial charge in [-0.05, 0) is 59.8 Å². The molecule has 5 N–H and O–H groups in total. The van der Waals surface area contributed by atoms with Gasteiger partial charge < -0.3 is 21.7 Å². The lowest BCUT2D eigenvalue weighted by Gasteiger charge is -2.29. The molecule has 3 heterocycles. The second-order valence-corrected chi connectivity index (χ2v) is 8.40. The number of nitrogens with two attached hydrogens (primary N) is 2. The summed E-state index contributed by atoms with van der Waals surface area (Å²) in [5.74, 6) is 0. The number of nitrogens with zero attached hydrogens (tertiary/aromatic N) is 2. The molecule has 1 fully saturated rings. The van der Waals surface area contributed by atoms with E-state index in [0.717, 1.165) is 37.3 Å². The lowest BCUT2D eigenvalue weighted by atomic mass is 10.1. The summed E-state index contributed by atoms with van der Waals surface area (Å²) in [5.41, 5.74) is 17.3. The molecule has 1 aliphatic heterocycles. The van der Waals surface area contributed by atoms with E-state index < -0.39 is 0 Å². The van der Waals surface area contributed by atoms with E-state index in [1.165, 1.54) is 21.5 Å². The summed E-state index contributed by atoms with van der Waals surface area (Å²) >= 11 is 1.69. The zero-order valence-corrected chi connectivity index (χ0v) is 19.4. The van der Waals surface area contributed by atoms with E-state index in [-0.39, 0.29) is 0 Å². The Morgan fingerprint density at radius 1 is 0.969 bits per heavy atom. The van der Waals surface area contributed by atoms with Crippen LogP contribution in [0.25, 0.3) is 21.3 Å². The largest absolute Gasteiger partial charge is 0.397 e. The Morgan fingerprint density at radius 3 is 2.44 bits per heavy atom. The standard InChI is InChI=1S/C14H17N3.C10H10N2S.C2H4/c1-11-8-12-2-3-13(9-14(12)16-10-11)17-6-4-15-5-7-17;11-8-4-3-7(6-9(8)12)10-2-1-5-13-10;1-2/h2-3,8-10,15H,4-7H2,1H3;1-6H,11-12H2;1-2H2. The molecule has 1 aliphatic rings. The lowest BCUT2D eigenvalue weighted by molar-refractivity contribution is 0.589. The predicted molar refractivity (Wildman–Crippen MR) is 141 cm³/mol. The number of aromatic nitrogens is 1. The number of nitrogen functional groups attached to an aromatic ring is 2. The number of aryl methyl sites for hydroxylation is 1. The number of anilines is 3. The molecule has 2 aromatic heterocycles. The molecule has 0 saturated carbocycles. The van der Waals surface area contributed by atoms with Gasteiger partial charge >= 0.3 is 0 Å². The first kappa shape index (κ1) is 23.3. The summed E-state index contributed by atoms with van der Waals surface area (Å²) in [6, 6.07) is 18.6. The van der Waals surface area contributed by atoms with Gasteiger partial charge in [-0.1, -0.05) is 18.2 Å². The minimum Gasteiger partial charge on any atom is -0.397 e. The number of thiophene rings is 1. The molecule has 6 heteroatoms. The van der Waals surface area contributed by atoms with Crippen LogP contribution in [0.1, 0.15) is 5.56 Å². The van der Waals surface area contributed by atoms with Gasteiger partial charge in [-0.3, -0.25) is 4.98 Å².